The molecule has 0 aromatic carbocycles. The van der Waals surface area contributed by atoms with Crippen LogP contribution in [0.4, 0.5) is 10.8 Å². The Morgan fingerprint density at radius 1 is 1.30 bits per heavy atom. The number of ether oxygens (including phenoxy) is 1. The van der Waals surface area contributed by atoms with Gasteiger partial charge in [-0.1, -0.05) is 6.07 Å². The number of aromatic nitrogens is 1. The Morgan fingerprint density at radius 2 is 2.13 bits per heavy atom. The van der Waals surface area contributed by atoms with Crippen molar-refractivity contribution in [1.29, 1.82) is 0 Å². The molecule has 0 saturated heterocycles. The highest BCUT2D eigenvalue weighted by Crippen LogP contribution is 2.38. The third kappa shape index (κ3) is 3.51. The van der Waals surface area contributed by atoms with E-state index in [4.69, 9.17) is 17.0 Å². The number of rotatable bonds is 3. The molecule has 0 spiro atoms. The van der Waals surface area contributed by atoms with Gasteiger partial charge in [0, 0.05) is 11.1 Å². The molecule has 2 heterocycles. The first-order valence-corrected chi connectivity index (χ1v) is 8.63. The van der Waals surface area contributed by atoms with Crippen LogP contribution in [0.3, 0.4) is 0 Å². The maximum atomic E-state index is 12.2. The average molecular weight is 347 g/mol. The third-order valence-electron chi connectivity index (χ3n) is 3.69. The molecule has 3 rings (SSSR count). The predicted molar refractivity (Wildman–Crippen MR) is 96.4 cm³/mol. The molecule has 120 valence electrons. The topological polar surface area (TPSA) is 63.2 Å². The Labute approximate surface area is 144 Å². The first kappa shape index (κ1) is 15.9. The maximum Gasteiger partial charge on any atom is 0.341 e. The van der Waals surface area contributed by atoms with Crippen molar-refractivity contribution in [2.24, 2.45) is 0 Å². The quantitative estimate of drug-likeness (QED) is 0.653. The van der Waals surface area contributed by atoms with E-state index < -0.39 is 0 Å². The van der Waals surface area contributed by atoms with Crippen LogP contribution < -0.4 is 10.6 Å². The van der Waals surface area contributed by atoms with Crippen molar-refractivity contribution in [3.63, 3.8) is 0 Å². The highest BCUT2D eigenvalue weighted by atomic mass is 32.1. The number of hydrogen-bond donors (Lipinski definition) is 2. The molecule has 7 heteroatoms. The summed E-state index contributed by atoms with van der Waals surface area (Å²) in [6.07, 6.45) is 5.87. The highest BCUT2D eigenvalue weighted by molar-refractivity contribution is 7.80. The number of anilines is 2. The molecule has 1 aliphatic rings. The van der Waals surface area contributed by atoms with Crippen molar-refractivity contribution in [2.45, 2.75) is 25.7 Å². The van der Waals surface area contributed by atoms with Crippen LogP contribution in [0.2, 0.25) is 0 Å². The van der Waals surface area contributed by atoms with Crippen molar-refractivity contribution < 1.29 is 9.53 Å². The Morgan fingerprint density at radius 3 is 2.87 bits per heavy atom. The number of methoxy groups -OCH3 is 1. The van der Waals surface area contributed by atoms with E-state index in [1.165, 1.54) is 12.0 Å². The summed E-state index contributed by atoms with van der Waals surface area (Å²) in [5, 5.41) is 7.31. The highest BCUT2D eigenvalue weighted by Gasteiger charge is 2.26. The fourth-order valence-electron chi connectivity index (χ4n) is 2.66. The van der Waals surface area contributed by atoms with Gasteiger partial charge in [-0.15, -0.1) is 11.3 Å². The van der Waals surface area contributed by atoms with Crippen LogP contribution in [0, 0.1) is 0 Å². The molecule has 0 radical (unpaired) electrons. The molecule has 1 aliphatic carbocycles. The summed E-state index contributed by atoms with van der Waals surface area (Å²) in [7, 11) is 1.41. The van der Waals surface area contributed by atoms with Crippen molar-refractivity contribution in [2.75, 3.05) is 17.7 Å². The van der Waals surface area contributed by atoms with Crippen LogP contribution in [-0.4, -0.2) is 23.2 Å². The molecule has 0 unspecified atom stereocenters. The number of aryl methyl sites for hydroxylation is 1. The fraction of sp³-hybridized carbons (Fsp3) is 0.312. The summed E-state index contributed by atoms with van der Waals surface area (Å²) in [5.41, 5.74) is 1.73. The van der Waals surface area contributed by atoms with Crippen molar-refractivity contribution in [1.82, 2.24) is 4.98 Å². The number of thiocarbonyl (C=S) groups is 1. The molecular formula is C16H17N3O2S2. The van der Waals surface area contributed by atoms with Gasteiger partial charge >= 0.3 is 5.97 Å². The largest absolute Gasteiger partial charge is 0.465 e. The first-order chi connectivity index (χ1) is 11.2. The van der Waals surface area contributed by atoms with Crippen molar-refractivity contribution in [3.8, 4) is 0 Å². The van der Waals surface area contributed by atoms with Crippen LogP contribution in [-0.2, 0) is 17.6 Å². The van der Waals surface area contributed by atoms with Crippen molar-refractivity contribution >= 4 is 45.5 Å². The van der Waals surface area contributed by atoms with Gasteiger partial charge in [0.2, 0.25) is 0 Å². The lowest BCUT2D eigenvalue weighted by Crippen LogP contribution is -2.20. The SMILES string of the molecule is COC(=O)c1c(NC(=S)Nc2ccccn2)sc2c1CCCC2. The summed E-state index contributed by atoms with van der Waals surface area (Å²) >= 11 is 6.92. The lowest BCUT2D eigenvalue weighted by atomic mass is 9.95. The second kappa shape index (κ2) is 7.06. The maximum absolute atomic E-state index is 12.2. The number of nitrogens with one attached hydrogen (secondary N) is 2. The monoisotopic (exact) mass is 347 g/mol. The number of fused-ring (bicyclic) bond motifs is 1. The predicted octanol–water partition coefficient (Wildman–Crippen LogP) is 3.62. The van der Waals surface area contributed by atoms with E-state index in [2.05, 4.69) is 15.6 Å². The zero-order valence-corrected chi connectivity index (χ0v) is 14.4. The summed E-state index contributed by atoms with van der Waals surface area (Å²) in [5.74, 6) is 0.346. The van der Waals surface area contributed by atoms with E-state index in [0.717, 1.165) is 36.2 Å². The molecule has 2 N–H and O–H groups in total. The smallest absolute Gasteiger partial charge is 0.341 e. The number of carbonyl (C=O) groups excluding carboxylic acids is 1. The molecule has 2 aromatic heterocycles. The normalized spacial score (nSPS) is 13.1. The molecule has 2 aromatic rings. The minimum atomic E-state index is -0.312. The lowest BCUT2D eigenvalue weighted by Gasteiger charge is -2.12. The lowest BCUT2D eigenvalue weighted by molar-refractivity contribution is 0.0601. The summed E-state index contributed by atoms with van der Waals surface area (Å²) in [4.78, 5) is 17.6. The van der Waals surface area contributed by atoms with Crippen LogP contribution in [0.15, 0.2) is 24.4 Å². The number of carbonyl (C=O) groups is 1. The van der Waals surface area contributed by atoms with Crippen LogP contribution in [0.1, 0.15) is 33.6 Å². The second-order valence-corrected chi connectivity index (χ2v) is 6.71. The van der Waals surface area contributed by atoms with Gasteiger partial charge in [0.05, 0.1) is 12.7 Å². The molecule has 0 saturated carbocycles. The van der Waals surface area contributed by atoms with Crippen LogP contribution in [0.5, 0.6) is 0 Å². The molecule has 0 bridgehead atoms. The Kier molecular flexibility index (Phi) is 4.88. The minimum Gasteiger partial charge on any atom is -0.465 e. The van der Waals surface area contributed by atoms with Gasteiger partial charge in [-0.25, -0.2) is 9.78 Å². The second-order valence-electron chi connectivity index (χ2n) is 5.20. The zero-order valence-electron chi connectivity index (χ0n) is 12.7. The first-order valence-electron chi connectivity index (χ1n) is 7.41. The Bertz CT molecular complexity index is 728. The molecule has 0 fully saturated rings. The zero-order chi connectivity index (χ0) is 16.2. The van der Waals surface area contributed by atoms with Gasteiger partial charge < -0.3 is 15.4 Å². The van der Waals surface area contributed by atoms with Gasteiger partial charge in [-0.3, -0.25) is 0 Å². The number of nitrogens with zero attached hydrogens (tertiary/aromatic N) is 1. The molecule has 0 aliphatic heterocycles. The number of hydrogen-bond acceptors (Lipinski definition) is 5. The summed E-state index contributed by atoms with van der Waals surface area (Å²) in [6, 6.07) is 5.54. The minimum absolute atomic E-state index is 0.312. The molecule has 5 nitrogen and oxygen atoms in total. The number of esters is 1. The van der Waals surface area contributed by atoms with E-state index in [0.29, 0.717) is 16.5 Å². The van der Waals surface area contributed by atoms with Gasteiger partial charge in [0.15, 0.2) is 5.11 Å². The molecule has 0 atom stereocenters. The van der Waals surface area contributed by atoms with Crippen molar-refractivity contribution in [3.05, 3.63) is 40.4 Å². The summed E-state index contributed by atoms with van der Waals surface area (Å²) in [6.45, 7) is 0. The van der Waals surface area contributed by atoms with Gasteiger partial charge in [0.25, 0.3) is 0 Å². The van der Waals surface area contributed by atoms with Gasteiger partial charge in [-0.05, 0) is 55.6 Å². The third-order valence-corrected chi connectivity index (χ3v) is 5.11. The molecule has 23 heavy (non-hydrogen) atoms. The van der Waals surface area contributed by atoms with E-state index in [1.807, 2.05) is 18.2 Å². The van der Waals surface area contributed by atoms with Gasteiger partial charge in [0.1, 0.15) is 10.8 Å². The van der Waals surface area contributed by atoms with Crippen LogP contribution >= 0.6 is 23.6 Å². The van der Waals surface area contributed by atoms with Crippen LogP contribution in [0.25, 0.3) is 0 Å². The Balaban J connectivity index is 1.83. The standard InChI is InChI=1S/C16H17N3O2S2/c1-21-15(20)13-10-6-2-3-7-11(10)23-14(13)19-16(22)18-12-8-4-5-9-17-12/h4-5,8-9H,2-3,6-7H2,1H3,(H2,17,18,19,22). The number of pyridine rings is 1. The fourth-order valence-corrected chi connectivity index (χ4v) is 4.21. The van der Waals surface area contributed by atoms with E-state index >= 15 is 0 Å². The van der Waals surface area contributed by atoms with E-state index in [9.17, 15) is 4.79 Å². The van der Waals surface area contributed by atoms with E-state index in [-0.39, 0.29) is 5.97 Å². The average Bonchev–Trinajstić information content (AvgIpc) is 2.92. The Hall–Kier alpha value is -1.99. The molecular weight excluding hydrogens is 330 g/mol. The summed E-state index contributed by atoms with van der Waals surface area (Å²) < 4.78 is 4.95. The van der Waals surface area contributed by atoms with Gasteiger partial charge in [-0.2, -0.15) is 0 Å². The number of thiophene rings is 1. The van der Waals surface area contributed by atoms with E-state index in [1.54, 1.807) is 17.5 Å². The molecule has 0 amide bonds.